The number of nitrogens with one attached hydrogen (secondary N) is 1. The molecule has 12 heteroatoms. The van der Waals surface area contributed by atoms with Gasteiger partial charge in [-0.05, 0) is 24.6 Å². The van der Waals surface area contributed by atoms with E-state index in [1.807, 2.05) is 0 Å². The molecule has 1 saturated heterocycles. The van der Waals surface area contributed by atoms with Gasteiger partial charge in [-0.3, -0.25) is 19.7 Å². The van der Waals surface area contributed by atoms with Crippen molar-refractivity contribution in [2.24, 2.45) is 17.6 Å². The molecule has 0 saturated carbocycles. The molecule has 0 aliphatic carbocycles. The van der Waals surface area contributed by atoms with E-state index < -0.39 is 51.9 Å². The third-order valence-corrected chi connectivity index (χ3v) is 4.77. The Balaban J connectivity index is 2.07. The lowest BCUT2D eigenvalue weighted by Gasteiger charge is -2.50. The molecular weight excluding hydrogens is 386 g/mol. The number of nitro groups is 1. The number of hydrogen-bond acceptors (Lipinski definition) is 8. The molecule has 1 aromatic rings. The summed E-state index contributed by atoms with van der Waals surface area (Å²) in [7, 11) is 0. The van der Waals surface area contributed by atoms with Crippen molar-refractivity contribution in [2.45, 2.75) is 32.2 Å². The molecule has 0 radical (unpaired) electrons. The van der Waals surface area contributed by atoms with Crippen LogP contribution in [0.25, 0.3) is 5.53 Å². The Kier molecular flexibility index (Phi) is 6.22. The molecule has 4 N–H and O–H groups in total. The van der Waals surface area contributed by atoms with E-state index in [1.165, 1.54) is 38.1 Å². The topological polar surface area (TPSA) is 198 Å². The molecule has 2 rings (SSSR count). The Morgan fingerprint density at radius 2 is 2.00 bits per heavy atom. The molecule has 0 bridgehead atoms. The second-order valence-corrected chi connectivity index (χ2v) is 6.67. The number of carbonyl (C=O) groups excluding carboxylic acids is 3. The van der Waals surface area contributed by atoms with Crippen molar-refractivity contribution < 1.29 is 33.9 Å². The first-order valence-electron chi connectivity index (χ1n) is 8.48. The number of benzene rings is 1. The number of amides is 1. The number of hydrogen-bond donors (Lipinski definition) is 3. The van der Waals surface area contributed by atoms with Crippen molar-refractivity contribution in [1.82, 2.24) is 5.32 Å². The summed E-state index contributed by atoms with van der Waals surface area (Å²) in [5.41, 5.74) is 12.8. The fourth-order valence-electron chi connectivity index (χ4n) is 3.05. The smallest absolute Gasteiger partial charge is 0.441 e. The van der Waals surface area contributed by atoms with Gasteiger partial charge in [-0.2, -0.15) is 4.79 Å². The second-order valence-electron chi connectivity index (χ2n) is 6.67. The van der Waals surface area contributed by atoms with Crippen LogP contribution in [0.4, 0.5) is 5.69 Å². The summed E-state index contributed by atoms with van der Waals surface area (Å²) in [4.78, 5) is 49.1. The number of non-ortho nitro benzene ring substituents is 1. The Bertz CT molecular complexity index is 907. The number of ketones is 1. The molecule has 1 unspecified atom stereocenters. The third-order valence-electron chi connectivity index (χ3n) is 4.77. The molecule has 1 aromatic carbocycles. The van der Waals surface area contributed by atoms with Gasteiger partial charge in [0.05, 0.1) is 16.9 Å². The van der Waals surface area contributed by atoms with E-state index in [0.717, 1.165) is 0 Å². The lowest BCUT2D eigenvalue weighted by Crippen LogP contribution is -2.80. The fraction of sp³-hybridized carbons (Fsp3) is 0.412. The van der Waals surface area contributed by atoms with Gasteiger partial charge in [-0.15, -0.1) is 0 Å². The number of aliphatic hydroxyl groups excluding tert-OH is 1. The summed E-state index contributed by atoms with van der Waals surface area (Å²) in [6.07, 6.45) is -1.15. The summed E-state index contributed by atoms with van der Waals surface area (Å²) in [5, 5.41) is 22.7. The summed E-state index contributed by atoms with van der Waals surface area (Å²) >= 11 is 0. The molecule has 154 valence electrons. The van der Waals surface area contributed by atoms with Crippen LogP contribution in [0.15, 0.2) is 24.3 Å². The van der Waals surface area contributed by atoms with Gasteiger partial charge in [0.2, 0.25) is 5.91 Å². The van der Waals surface area contributed by atoms with Gasteiger partial charge < -0.3 is 26.4 Å². The van der Waals surface area contributed by atoms with Crippen LogP contribution in [-0.4, -0.2) is 50.0 Å². The van der Waals surface area contributed by atoms with E-state index in [9.17, 15) is 29.6 Å². The number of β-lactam (4-membered cyclic amide) rings is 1. The van der Waals surface area contributed by atoms with Gasteiger partial charge in [-0.1, -0.05) is 6.92 Å². The minimum Gasteiger partial charge on any atom is -0.452 e. The number of esters is 1. The first kappa shape index (κ1) is 21.8. The highest BCUT2D eigenvalue weighted by atomic mass is 16.6. The molecular formula is C17H19N5O7. The van der Waals surface area contributed by atoms with Crippen LogP contribution in [0.2, 0.25) is 0 Å². The van der Waals surface area contributed by atoms with Crippen LogP contribution < -0.4 is 11.1 Å². The molecule has 1 heterocycles. The van der Waals surface area contributed by atoms with Gasteiger partial charge in [0.25, 0.3) is 11.5 Å². The van der Waals surface area contributed by atoms with Crippen LogP contribution in [-0.2, 0) is 25.7 Å². The zero-order chi connectivity index (χ0) is 21.9. The minimum atomic E-state index is -1.63. The average Bonchev–Trinajstić information content (AvgIpc) is 2.65. The van der Waals surface area contributed by atoms with Gasteiger partial charge in [-0.25, -0.2) is 4.79 Å². The normalized spacial score (nSPS) is 22.3. The monoisotopic (exact) mass is 405 g/mol. The van der Waals surface area contributed by atoms with Crippen molar-refractivity contribution in [3.8, 4) is 0 Å². The minimum absolute atomic E-state index is 0.148. The summed E-state index contributed by atoms with van der Waals surface area (Å²) < 4.78 is 4.91. The number of carbonyl (C=O) groups is 3. The number of nitrogens with zero attached hydrogens (tertiary/aromatic N) is 3. The van der Waals surface area contributed by atoms with E-state index in [4.69, 9.17) is 16.0 Å². The van der Waals surface area contributed by atoms with Crippen molar-refractivity contribution in [3.05, 3.63) is 45.5 Å². The summed E-state index contributed by atoms with van der Waals surface area (Å²) in [5.74, 6) is -5.08. The SMILES string of the molecule is C[C@@H](O)C1C(=O)N[C@]1(N)[C@@H](C)C(=O)C(=[N+]=[N-])C(=O)OCc1ccc([N+](=O)[O-])cc1. The quantitative estimate of drug-likeness (QED) is 0.0736. The predicted octanol–water partition coefficient (Wildman–Crippen LogP) is -0.704. The zero-order valence-electron chi connectivity index (χ0n) is 15.6. The van der Waals surface area contributed by atoms with E-state index in [2.05, 4.69) is 10.1 Å². The lowest BCUT2D eigenvalue weighted by atomic mass is 9.71. The van der Waals surface area contributed by atoms with Crippen LogP contribution in [0.3, 0.4) is 0 Å². The zero-order valence-corrected chi connectivity index (χ0v) is 15.6. The molecule has 0 aromatic heterocycles. The third kappa shape index (κ3) is 4.19. The van der Waals surface area contributed by atoms with Gasteiger partial charge in [0.15, 0.2) is 0 Å². The molecule has 0 spiro atoms. The summed E-state index contributed by atoms with van der Waals surface area (Å²) in [6.45, 7) is 2.31. The second kappa shape index (κ2) is 8.27. The van der Waals surface area contributed by atoms with Crippen molar-refractivity contribution in [2.75, 3.05) is 0 Å². The highest BCUT2D eigenvalue weighted by Gasteiger charge is 2.59. The van der Waals surface area contributed by atoms with Crippen LogP contribution in [0, 0.1) is 22.0 Å². The number of ether oxygens (including phenoxy) is 1. The number of nitrogens with two attached hydrogens (primary N) is 1. The van der Waals surface area contributed by atoms with Crippen LogP contribution in [0.5, 0.6) is 0 Å². The molecule has 4 atom stereocenters. The van der Waals surface area contributed by atoms with Gasteiger partial charge >= 0.3 is 11.7 Å². The summed E-state index contributed by atoms with van der Waals surface area (Å²) in [6, 6.07) is 5.14. The molecule has 1 aliphatic rings. The fourth-order valence-corrected chi connectivity index (χ4v) is 3.05. The number of Topliss-reactive ketones (excluding diaryl/α,β-unsaturated/α-hetero) is 1. The Morgan fingerprint density at radius 3 is 2.45 bits per heavy atom. The van der Waals surface area contributed by atoms with Gasteiger partial charge in [0.1, 0.15) is 18.2 Å². The van der Waals surface area contributed by atoms with Crippen molar-refractivity contribution >= 4 is 29.1 Å². The van der Waals surface area contributed by atoms with Gasteiger partial charge in [0, 0.05) is 12.1 Å². The number of aliphatic hydroxyl groups is 1. The number of rotatable bonds is 8. The molecule has 1 aliphatic heterocycles. The Morgan fingerprint density at radius 1 is 1.41 bits per heavy atom. The van der Waals surface area contributed by atoms with Crippen molar-refractivity contribution in [3.63, 3.8) is 0 Å². The molecule has 29 heavy (non-hydrogen) atoms. The molecule has 1 fully saturated rings. The first-order chi connectivity index (χ1) is 13.5. The van der Waals surface area contributed by atoms with Crippen LogP contribution >= 0.6 is 0 Å². The van der Waals surface area contributed by atoms with Crippen molar-refractivity contribution in [1.29, 1.82) is 0 Å². The molecule has 1 amide bonds. The maximum atomic E-state index is 12.6. The van der Waals surface area contributed by atoms with E-state index >= 15 is 0 Å². The average molecular weight is 405 g/mol. The maximum absolute atomic E-state index is 12.6. The maximum Gasteiger partial charge on any atom is 0.441 e. The highest BCUT2D eigenvalue weighted by Crippen LogP contribution is 2.33. The predicted molar refractivity (Wildman–Crippen MR) is 95.9 cm³/mol. The Labute approximate surface area is 164 Å². The highest BCUT2D eigenvalue weighted by molar-refractivity contribution is 6.62. The Hall–Kier alpha value is -3.47. The van der Waals surface area contributed by atoms with Crippen LogP contribution in [0.1, 0.15) is 19.4 Å². The standard InChI is InChI=1S/C17H19N5O7/c1-8(17(18)12(9(2)23)15(25)20-17)14(24)13(21-19)16(26)29-7-10-3-5-11(6-4-10)22(27)28/h3-6,8-9,12,23H,7,18H2,1-2H3,(H,20,25)/t8-,9+,12?,17+/m0/s1. The largest absolute Gasteiger partial charge is 0.452 e. The first-order valence-corrected chi connectivity index (χ1v) is 8.48. The van der Waals surface area contributed by atoms with E-state index in [-0.39, 0.29) is 12.3 Å². The number of nitro benzene ring substituents is 1. The van der Waals surface area contributed by atoms with E-state index in [1.54, 1.807) is 0 Å². The van der Waals surface area contributed by atoms with E-state index in [0.29, 0.717) is 5.56 Å². The lowest BCUT2D eigenvalue weighted by molar-refractivity contribution is -0.384. The molecule has 12 nitrogen and oxygen atoms in total.